The monoisotopic (exact) mass is 558 g/mol. The van der Waals surface area contributed by atoms with E-state index in [4.69, 9.17) is 45.9 Å². The quantitative estimate of drug-likeness (QED) is 0.128. The molecule has 0 radical (unpaired) electrons. The number of benzene rings is 1. The number of aromatic hydroxyl groups is 1. The number of hydrogen-bond acceptors (Lipinski definition) is 12. The predicted molar refractivity (Wildman–Crippen MR) is 140 cm³/mol. The largest absolute Gasteiger partial charge is 0.506 e. The number of hydroxylamine groups is 1. The summed E-state index contributed by atoms with van der Waals surface area (Å²) in [6, 6.07) is 2.96. The van der Waals surface area contributed by atoms with Crippen LogP contribution in [0.1, 0.15) is 31.4 Å². The second kappa shape index (κ2) is 13.7. The van der Waals surface area contributed by atoms with Gasteiger partial charge in [0.2, 0.25) is 6.29 Å². The van der Waals surface area contributed by atoms with Gasteiger partial charge in [-0.1, -0.05) is 23.9 Å². The van der Waals surface area contributed by atoms with E-state index in [2.05, 4.69) is 17.0 Å². The van der Waals surface area contributed by atoms with Crippen LogP contribution in [0.5, 0.6) is 11.5 Å². The van der Waals surface area contributed by atoms with Gasteiger partial charge in [-0.3, -0.25) is 4.84 Å². The molecule has 13 heteroatoms. The zero-order valence-electron chi connectivity index (χ0n) is 22.3. The molecule has 1 aromatic carbocycles. The van der Waals surface area contributed by atoms with E-state index in [0.29, 0.717) is 12.0 Å². The Morgan fingerprint density at radius 3 is 2.60 bits per heavy atom. The van der Waals surface area contributed by atoms with E-state index in [-0.39, 0.29) is 47.0 Å². The van der Waals surface area contributed by atoms with Crippen LogP contribution in [-0.2, 0) is 23.9 Å². The molecule has 5 atom stereocenters. The van der Waals surface area contributed by atoms with Gasteiger partial charge in [0.15, 0.2) is 18.8 Å². The Hall–Kier alpha value is -4.27. The molecule has 1 aromatic heterocycles. The first-order chi connectivity index (χ1) is 19.2. The lowest BCUT2D eigenvalue weighted by Crippen LogP contribution is -2.61. The SMILES string of the molecule is C#CCO/N=C(\C)c1c(O)c2ccc(OC3O[C@@H](CC)[C@H](OC)[C@@H](OC(=O)NOCC#C)[C@H]3O)c(C)c2oc1=O. The Morgan fingerprint density at radius 2 is 1.95 bits per heavy atom. The van der Waals surface area contributed by atoms with Crippen molar-refractivity contribution in [1.29, 1.82) is 0 Å². The van der Waals surface area contributed by atoms with Crippen LogP contribution in [0.2, 0.25) is 0 Å². The van der Waals surface area contributed by atoms with Crippen LogP contribution in [0, 0.1) is 31.6 Å². The number of rotatable bonds is 10. The molecule has 0 spiro atoms. The van der Waals surface area contributed by atoms with Gasteiger partial charge < -0.3 is 38.4 Å². The number of oxime groups is 1. The van der Waals surface area contributed by atoms with Gasteiger partial charge in [-0.15, -0.1) is 12.8 Å². The van der Waals surface area contributed by atoms with Crippen LogP contribution in [0.4, 0.5) is 4.79 Å². The standard InChI is InChI=1S/C27H30N2O11/c1-7-12-35-28-15(5)19-20(30)16-10-11-18(14(4)22(16)39-25(19)32)38-26-21(31)24(23(34-6)17(9-3)37-26)40-27(33)29-36-13-8-2/h1-2,10-11,17,21,23-24,26,30-31H,9,12-13H2,3-6H3,(H,29,33)/b28-15+/t17-,21+,23-,24-,26?/m0/s1. The van der Waals surface area contributed by atoms with Gasteiger partial charge in [-0.05, 0) is 32.4 Å². The summed E-state index contributed by atoms with van der Waals surface area (Å²) < 4.78 is 28.2. The molecule has 0 bridgehead atoms. The number of aryl methyl sites for hydroxylation is 1. The molecule has 3 N–H and O–H groups in total. The van der Waals surface area contributed by atoms with Crippen molar-refractivity contribution in [2.24, 2.45) is 5.16 Å². The van der Waals surface area contributed by atoms with Crippen molar-refractivity contribution < 1.29 is 48.0 Å². The maximum atomic E-state index is 12.7. The van der Waals surface area contributed by atoms with Gasteiger partial charge in [0.25, 0.3) is 0 Å². The zero-order valence-corrected chi connectivity index (χ0v) is 22.3. The molecule has 214 valence electrons. The number of nitrogens with zero attached hydrogens (tertiary/aromatic N) is 1. The van der Waals surface area contributed by atoms with Gasteiger partial charge in [0.1, 0.15) is 35.4 Å². The van der Waals surface area contributed by atoms with Crippen LogP contribution in [0.25, 0.3) is 11.0 Å². The summed E-state index contributed by atoms with van der Waals surface area (Å²) in [6.07, 6.45) is 4.12. The van der Waals surface area contributed by atoms with Crippen molar-refractivity contribution in [2.75, 3.05) is 20.3 Å². The Labute approximate surface area is 229 Å². The summed E-state index contributed by atoms with van der Waals surface area (Å²) in [4.78, 5) is 34.6. The molecule has 1 aliphatic rings. The van der Waals surface area contributed by atoms with Crippen molar-refractivity contribution in [3.63, 3.8) is 0 Å². The van der Waals surface area contributed by atoms with E-state index in [1.807, 2.05) is 12.4 Å². The second-order valence-corrected chi connectivity index (χ2v) is 8.56. The summed E-state index contributed by atoms with van der Waals surface area (Å²) in [6.45, 7) is 4.55. The highest BCUT2D eigenvalue weighted by molar-refractivity contribution is 6.04. The molecule has 0 saturated carbocycles. The smallest absolute Gasteiger partial charge is 0.431 e. The first-order valence-electron chi connectivity index (χ1n) is 12.1. The van der Waals surface area contributed by atoms with Crippen molar-refractivity contribution in [2.45, 2.75) is 57.9 Å². The number of aliphatic hydroxyl groups is 1. The fraction of sp³-hybridized carbons (Fsp3) is 0.444. The van der Waals surface area contributed by atoms with Gasteiger partial charge in [0.05, 0.1) is 17.2 Å². The maximum Gasteiger partial charge on any atom is 0.431 e. The van der Waals surface area contributed by atoms with Crippen LogP contribution in [-0.4, -0.2) is 73.0 Å². The van der Waals surface area contributed by atoms with Gasteiger partial charge in [-0.2, -0.15) is 5.48 Å². The Balaban J connectivity index is 1.92. The highest BCUT2D eigenvalue weighted by Crippen LogP contribution is 2.36. The number of methoxy groups -OCH3 is 1. The molecular weight excluding hydrogens is 528 g/mol. The molecule has 0 aliphatic carbocycles. The number of terminal acetylenes is 2. The zero-order chi connectivity index (χ0) is 29.4. The molecule has 13 nitrogen and oxygen atoms in total. The van der Waals surface area contributed by atoms with Gasteiger partial charge in [-0.25, -0.2) is 9.59 Å². The minimum absolute atomic E-state index is 0.0334. The Kier molecular flexibility index (Phi) is 10.4. The average molecular weight is 559 g/mol. The van der Waals surface area contributed by atoms with Crippen LogP contribution >= 0.6 is 0 Å². The van der Waals surface area contributed by atoms with Crippen molar-refractivity contribution in [1.82, 2.24) is 5.48 Å². The summed E-state index contributed by atoms with van der Waals surface area (Å²) in [5, 5.41) is 25.8. The lowest BCUT2D eigenvalue weighted by atomic mass is 9.96. The third kappa shape index (κ3) is 6.47. The highest BCUT2D eigenvalue weighted by atomic mass is 16.7. The Bertz CT molecular complexity index is 1390. The summed E-state index contributed by atoms with van der Waals surface area (Å²) in [5.41, 5.74) is 1.38. The number of carbonyl (C=O) groups is 1. The first kappa shape index (κ1) is 30.3. The maximum absolute atomic E-state index is 12.7. The van der Waals surface area contributed by atoms with Crippen molar-refractivity contribution in [3.8, 4) is 36.2 Å². The predicted octanol–water partition coefficient (Wildman–Crippen LogP) is 1.73. The number of carbonyl (C=O) groups excluding carboxylic acids is 1. The summed E-state index contributed by atoms with van der Waals surface area (Å²) in [7, 11) is 1.39. The van der Waals surface area contributed by atoms with E-state index in [1.54, 1.807) is 6.92 Å². The lowest BCUT2D eigenvalue weighted by molar-refractivity contribution is -0.276. The van der Waals surface area contributed by atoms with Crippen LogP contribution in [0.3, 0.4) is 0 Å². The number of fused-ring (bicyclic) bond motifs is 1. The molecule has 40 heavy (non-hydrogen) atoms. The fourth-order valence-electron chi connectivity index (χ4n) is 4.17. The number of ether oxygens (including phenoxy) is 4. The minimum atomic E-state index is -1.51. The molecule has 1 fully saturated rings. The molecule has 2 heterocycles. The normalized spacial score (nSPS) is 22.7. The Morgan fingerprint density at radius 1 is 1.23 bits per heavy atom. The van der Waals surface area contributed by atoms with Crippen LogP contribution in [0.15, 0.2) is 26.5 Å². The van der Waals surface area contributed by atoms with E-state index >= 15 is 0 Å². The second-order valence-electron chi connectivity index (χ2n) is 8.56. The first-order valence-corrected chi connectivity index (χ1v) is 12.1. The molecule has 1 unspecified atom stereocenters. The molecule has 1 amide bonds. The molecule has 2 aromatic rings. The summed E-state index contributed by atoms with van der Waals surface area (Å²) >= 11 is 0. The summed E-state index contributed by atoms with van der Waals surface area (Å²) in [5.74, 6) is 4.21. The van der Waals surface area contributed by atoms with E-state index in [1.165, 1.54) is 26.2 Å². The molecule has 1 aliphatic heterocycles. The number of aliphatic hydroxyl groups excluding tert-OH is 1. The van der Waals surface area contributed by atoms with Crippen molar-refractivity contribution in [3.05, 3.63) is 33.7 Å². The van der Waals surface area contributed by atoms with E-state index in [0.717, 1.165) is 0 Å². The topological polar surface area (TPSA) is 168 Å². The lowest BCUT2D eigenvalue weighted by Gasteiger charge is -2.43. The van der Waals surface area contributed by atoms with Gasteiger partial charge in [0, 0.05) is 12.7 Å². The highest BCUT2D eigenvalue weighted by Gasteiger charge is 2.48. The molecule has 1 saturated heterocycles. The average Bonchev–Trinajstić information content (AvgIpc) is 2.92. The molecular formula is C27H30N2O11. The molecule has 3 rings (SSSR count). The van der Waals surface area contributed by atoms with Gasteiger partial charge >= 0.3 is 11.7 Å². The van der Waals surface area contributed by atoms with Crippen molar-refractivity contribution >= 4 is 22.8 Å². The minimum Gasteiger partial charge on any atom is -0.506 e. The third-order valence-electron chi connectivity index (χ3n) is 6.04. The number of amides is 1. The van der Waals surface area contributed by atoms with E-state index in [9.17, 15) is 19.8 Å². The van der Waals surface area contributed by atoms with Crippen LogP contribution < -0.4 is 15.8 Å². The van der Waals surface area contributed by atoms with E-state index < -0.39 is 42.4 Å². The fourth-order valence-corrected chi connectivity index (χ4v) is 4.17. The number of hydrogen-bond donors (Lipinski definition) is 3. The third-order valence-corrected chi connectivity index (χ3v) is 6.04. The number of nitrogens with one attached hydrogen (secondary N) is 1.